The van der Waals surface area contributed by atoms with Crippen molar-refractivity contribution in [2.24, 2.45) is 0 Å². The maximum Gasteiger partial charge on any atom is 0.356 e. The van der Waals surface area contributed by atoms with Crippen LogP contribution in [0.4, 0.5) is 0 Å². The SMILES string of the molecule is O=C(O)C(Oc1cccc2c(=O)c3ccccc3sc12)C(=O)O. The average Bonchev–Trinajstić information content (AvgIpc) is 2.52. The minimum Gasteiger partial charge on any atom is -0.478 e. The van der Waals surface area contributed by atoms with Crippen LogP contribution in [0.15, 0.2) is 47.3 Å². The maximum atomic E-state index is 12.5. The highest BCUT2D eigenvalue weighted by molar-refractivity contribution is 7.24. The van der Waals surface area contributed by atoms with E-state index in [1.54, 1.807) is 30.3 Å². The minimum absolute atomic E-state index is 0.0603. The van der Waals surface area contributed by atoms with E-state index in [2.05, 4.69) is 0 Å². The number of aliphatic carboxylic acids is 2. The summed E-state index contributed by atoms with van der Waals surface area (Å²) < 4.78 is 6.26. The lowest BCUT2D eigenvalue weighted by Gasteiger charge is -2.12. The Balaban J connectivity index is 2.24. The van der Waals surface area contributed by atoms with Gasteiger partial charge in [-0.3, -0.25) is 4.79 Å². The van der Waals surface area contributed by atoms with E-state index in [9.17, 15) is 14.4 Å². The molecule has 6 nitrogen and oxygen atoms in total. The summed E-state index contributed by atoms with van der Waals surface area (Å²) >= 11 is 1.25. The lowest BCUT2D eigenvalue weighted by Crippen LogP contribution is -2.35. The van der Waals surface area contributed by atoms with Crippen molar-refractivity contribution < 1.29 is 24.5 Å². The van der Waals surface area contributed by atoms with Gasteiger partial charge in [-0.25, -0.2) is 9.59 Å². The van der Waals surface area contributed by atoms with Gasteiger partial charge in [0.25, 0.3) is 6.10 Å². The zero-order valence-electron chi connectivity index (χ0n) is 11.6. The van der Waals surface area contributed by atoms with Gasteiger partial charge in [-0.2, -0.15) is 0 Å². The molecule has 3 aromatic rings. The Morgan fingerprint density at radius 2 is 1.61 bits per heavy atom. The molecule has 2 N–H and O–H groups in total. The Morgan fingerprint density at radius 3 is 2.30 bits per heavy atom. The second-order valence-electron chi connectivity index (χ2n) is 4.73. The van der Waals surface area contributed by atoms with Crippen molar-refractivity contribution in [2.75, 3.05) is 0 Å². The van der Waals surface area contributed by atoms with Crippen LogP contribution in [-0.2, 0) is 9.59 Å². The Morgan fingerprint density at radius 1 is 0.957 bits per heavy atom. The molecule has 0 unspecified atom stereocenters. The molecule has 0 aliphatic rings. The highest BCUT2D eigenvalue weighted by Crippen LogP contribution is 2.32. The highest BCUT2D eigenvalue weighted by Gasteiger charge is 2.28. The van der Waals surface area contributed by atoms with Crippen LogP contribution in [0.25, 0.3) is 20.2 Å². The first-order valence-corrected chi connectivity index (χ1v) is 7.37. The molecule has 0 aliphatic carbocycles. The lowest BCUT2D eigenvalue weighted by atomic mass is 10.2. The summed E-state index contributed by atoms with van der Waals surface area (Å²) in [5.41, 5.74) is -0.206. The molecule has 0 amide bonds. The number of carboxylic acid groups (broad SMARTS) is 2. The second-order valence-corrected chi connectivity index (χ2v) is 5.79. The molecule has 0 bridgehead atoms. The van der Waals surface area contributed by atoms with E-state index in [1.807, 2.05) is 0 Å². The molecule has 23 heavy (non-hydrogen) atoms. The fraction of sp³-hybridized carbons (Fsp3) is 0.0625. The number of hydrogen-bond donors (Lipinski definition) is 2. The molecule has 3 rings (SSSR count). The predicted octanol–water partition coefficient (Wildman–Crippen LogP) is 2.33. The third-order valence-corrected chi connectivity index (χ3v) is 4.46. The number of hydrogen-bond acceptors (Lipinski definition) is 5. The summed E-state index contributed by atoms with van der Waals surface area (Å²) in [4.78, 5) is 34.5. The van der Waals surface area contributed by atoms with E-state index in [1.165, 1.54) is 23.5 Å². The largest absolute Gasteiger partial charge is 0.478 e. The number of ether oxygens (including phenoxy) is 1. The molecule has 0 saturated heterocycles. The number of benzene rings is 2. The summed E-state index contributed by atoms with van der Waals surface area (Å²) in [6, 6.07) is 11.6. The van der Waals surface area contributed by atoms with Crippen LogP contribution in [0.5, 0.6) is 5.75 Å². The molecule has 0 atom stereocenters. The van der Waals surface area contributed by atoms with Crippen molar-refractivity contribution in [3.05, 3.63) is 52.7 Å². The third-order valence-electron chi connectivity index (χ3n) is 3.26. The number of rotatable bonds is 4. The van der Waals surface area contributed by atoms with Gasteiger partial charge in [0.05, 0.1) is 4.70 Å². The number of carboxylic acids is 2. The van der Waals surface area contributed by atoms with Gasteiger partial charge in [-0.05, 0) is 24.3 Å². The van der Waals surface area contributed by atoms with Crippen LogP contribution in [0.1, 0.15) is 0 Å². The monoisotopic (exact) mass is 330 g/mol. The van der Waals surface area contributed by atoms with Crippen LogP contribution in [0, 0.1) is 0 Å². The second kappa shape index (κ2) is 5.69. The Bertz CT molecular complexity index is 977. The van der Waals surface area contributed by atoms with Gasteiger partial charge in [0.1, 0.15) is 5.75 Å². The van der Waals surface area contributed by atoms with Gasteiger partial charge in [0.2, 0.25) is 0 Å². The molecular weight excluding hydrogens is 320 g/mol. The fourth-order valence-corrected chi connectivity index (χ4v) is 3.35. The van der Waals surface area contributed by atoms with E-state index in [-0.39, 0.29) is 11.2 Å². The van der Waals surface area contributed by atoms with Crippen LogP contribution in [-0.4, -0.2) is 28.3 Å². The number of fused-ring (bicyclic) bond motifs is 2. The molecule has 0 saturated carbocycles. The van der Waals surface area contributed by atoms with Gasteiger partial charge >= 0.3 is 11.9 Å². The lowest BCUT2D eigenvalue weighted by molar-refractivity contribution is -0.158. The molecule has 1 aromatic heterocycles. The Kier molecular flexibility index (Phi) is 3.71. The fourth-order valence-electron chi connectivity index (χ4n) is 2.22. The van der Waals surface area contributed by atoms with Crippen molar-refractivity contribution >= 4 is 43.4 Å². The molecule has 0 radical (unpaired) electrons. The normalized spacial score (nSPS) is 11.0. The van der Waals surface area contributed by atoms with Crippen LogP contribution < -0.4 is 10.2 Å². The van der Waals surface area contributed by atoms with Crippen molar-refractivity contribution in [3.63, 3.8) is 0 Å². The average molecular weight is 330 g/mol. The van der Waals surface area contributed by atoms with Crippen molar-refractivity contribution in [2.45, 2.75) is 6.10 Å². The smallest absolute Gasteiger partial charge is 0.356 e. The molecule has 2 aromatic carbocycles. The van der Waals surface area contributed by atoms with Crippen molar-refractivity contribution in [3.8, 4) is 5.75 Å². The van der Waals surface area contributed by atoms with E-state index < -0.39 is 18.0 Å². The van der Waals surface area contributed by atoms with Crippen molar-refractivity contribution in [1.29, 1.82) is 0 Å². The molecule has 7 heteroatoms. The highest BCUT2D eigenvalue weighted by atomic mass is 32.1. The maximum absolute atomic E-state index is 12.5. The van der Waals surface area contributed by atoms with Gasteiger partial charge in [0.15, 0.2) is 5.43 Å². The standard InChI is InChI=1S/C16H10O6S/c17-12-8-4-1-2-7-11(8)23-14-9(12)5-3-6-10(14)22-13(15(18)19)16(20)21/h1-7,13H,(H,18,19)(H,20,21). The minimum atomic E-state index is -2.03. The zero-order valence-corrected chi connectivity index (χ0v) is 12.4. The Hall–Kier alpha value is -2.93. The Labute approximate surface area is 133 Å². The first kappa shape index (κ1) is 15.0. The molecule has 116 valence electrons. The van der Waals surface area contributed by atoms with Crippen LogP contribution in [0.2, 0.25) is 0 Å². The van der Waals surface area contributed by atoms with Crippen LogP contribution >= 0.6 is 11.3 Å². The summed E-state index contributed by atoms with van der Waals surface area (Å²) in [5.74, 6) is -3.16. The molecule has 0 aliphatic heterocycles. The van der Waals surface area contributed by atoms with Crippen LogP contribution in [0.3, 0.4) is 0 Å². The quantitative estimate of drug-likeness (QED) is 0.562. The van der Waals surface area contributed by atoms with Gasteiger partial charge in [-0.1, -0.05) is 18.2 Å². The van der Waals surface area contributed by atoms with E-state index >= 15 is 0 Å². The third kappa shape index (κ3) is 2.62. The van der Waals surface area contributed by atoms with Gasteiger partial charge in [0, 0.05) is 15.5 Å². The van der Waals surface area contributed by atoms with Gasteiger partial charge in [-0.15, -0.1) is 11.3 Å². The summed E-state index contributed by atoms with van der Waals surface area (Å²) in [7, 11) is 0. The van der Waals surface area contributed by atoms with E-state index in [4.69, 9.17) is 14.9 Å². The number of carbonyl (C=O) groups is 2. The predicted molar refractivity (Wildman–Crippen MR) is 85.3 cm³/mol. The summed E-state index contributed by atoms with van der Waals surface area (Å²) in [6.07, 6.45) is -2.03. The molecule has 0 spiro atoms. The summed E-state index contributed by atoms with van der Waals surface area (Å²) in [6.45, 7) is 0. The van der Waals surface area contributed by atoms with Gasteiger partial charge < -0.3 is 14.9 Å². The zero-order chi connectivity index (χ0) is 16.6. The first-order chi connectivity index (χ1) is 11.0. The molecular formula is C16H10O6S. The van der Waals surface area contributed by atoms with E-state index in [0.717, 1.165) is 0 Å². The van der Waals surface area contributed by atoms with Crippen molar-refractivity contribution in [1.82, 2.24) is 0 Å². The molecule has 0 fully saturated rings. The summed E-state index contributed by atoms with van der Waals surface area (Å²) in [5, 5.41) is 18.8. The topological polar surface area (TPSA) is 101 Å². The first-order valence-electron chi connectivity index (χ1n) is 6.56. The molecule has 1 heterocycles. The van der Waals surface area contributed by atoms with E-state index in [0.29, 0.717) is 20.2 Å².